The van der Waals surface area contributed by atoms with E-state index in [2.05, 4.69) is 10.6 Å². The zero-order valence-electron chi connectivity index (χ0n) is 31.2. The van der Waals surface area contributed by atoms with E-state index in [1.807, 2.05) is 0 Å². The first-order valence-electron chi connectivity index (χ1n) is 17.8. The standard InChI is InChI=1S/C44H38N2O9/c1-23-15-35(49)31(19-33(23)47)42(3,4)21-39(51)45-25-11-13-29-37(17-25)54-38-18-26(12-14-30(38)44(29)28-10-8-7-9-27(28)41(53)55-44)46-40(52)22-43(5,6)32-20-34(48)24(2)16-36(32)50/h7-20H,21-22H2,1-6H3,(H,45,51)(H,46,52). The van der Waals surface area contributed by atoms with Crippen LogP contribution in [-0.2, 0) is 39.1 Å². The van der Waals surface area contributed by atoms with E-state index in [0.717, 1.165) is 0 Å². The van der Waals surface area contributed by atoms with E-state index in [1.54, 1.807) is 102 Å². The van der Waals surface area contributed by atoms with Gasteiger partial charge in [0.25, 0.3) is 0 Å². The van der Waals surface area contributed by atoms with Gasteiger partial charge in [0.15, 0.2) is 28.7 Å². The van der Waals surface area contributed by atoms with E-state index in [4.69, 9.17) is 9.47 Å². The summed E-state index contributed by atoms with van der Waals surface area (Å²) in [6, 6.07) is 17.0. The van der Waals surface area contributed by atoms with Crippen molar-refractivity contribution < 1.29 is 43.0 Å². The molecular weight excluding hydrogens is 700 g/mol. The minimum Gasteiger partial charge on any atom is -0.456 e. The van der Waals surface area contributed by atoms with Gasteiger partial charge in [-0.05, 0) is 68.5 Å². The van der Waals surface area contributed by atoms with Gasteiger partial charge in [0.05, 0.1) is 5.56 Å². The van der Waals surface area contributed by atoms with Gasteiger partial charge in [-0.25, -0.2) is 4.79 Å². The Kier molecular flexibility index (Phi) is 8.79. The van der Waals surface area contributed by atoms with Gasteiger partial charge < -0.3 is 20.1 Å². The van der Waals surface area contributed by atoms with Crippen molar-refractivity contribution in [2.24, 2.45) is 10.8 Å². The molecule has 2 N–H and O–H groups in total. The molecule has 0 bridgehead atoms. The average molecular weight is 739 g/mol. The van der Waals surface area contributed by atoms with Crippen molar-refractivity contribution in [1.29, 1.82) is 0 Å². The highest BCUT2D eigenvalue weighted by Gasteiger charge is 2.53. The number of nitrogens with one attached hydrogen (secondary N) is 2. The topological polar surface area (TPSA) is 162 Å². The normalized spacial score (nSPS) is 17.2. The molecule has 3 aromatic carbocycles. The van der Waals surface area contributed by atoms with Crippen molar-refractivity contribution in [1.82, 2.24) is 0 Å². The van der Waals surface area contributed by atoms with Gasteiger partial charge >= 0.3 is 5.97 Å². The van der Waals surface area contributed by atoms with Gasteiger partial charge in [0, 0.05) is 86.2 Å². The number of amides is 2. The van der Waals surface area contributed by atoms with Gasteiger partial charge in [-0.1, -0.05) is 45.9 Å². The zero-order valence-corrected chi connectivity index (χ0v) is 31.2. The van der Waals surface area contributed by atoms with Crippen LogP contribution in [0.5, 0.6) is 11.5 Å². The highest BCUT2D eigenvalue weighted by atomic mass is 16.6. The number of rotatable bonds is 8. The Hall–Kier alpha value is -6.49. The van der Waals surface area contributed by atoms with Crippen LogP contribution >= 0.6 is 0 Å². The fourth-order valence-electron chi connectivity index (χ4n) is 7.62. The van der Waals surface area contributed by atoms with Crippen molar-refractivity contribution in [2.45, 2.75) is 60.0 Å². The quantitative estimate of drug-likeness (QED) is 0.183. The van der Waals surface area contributed by atoms with Crippen molar-refractivity contribution in [3.05, 3.63) is 130 Å². The van der Waals surface area contributed by atoms with E-state index < -0.39 is 34.2 Å². The molecule has 11 heteroatoms. The molecule has 0 radical (unpaired) electrons. The lowest BCUT2D eigenvalue weighted by atomic mass is 9.76. The summed E-state index contributed by atoms with van der Waals surface area (Å²) >= 11 is 0. The molecule has 4 aliphatic rings. The maximum absolute atomic E-state index is 13.4. The first kappa shape index (κ1) is 36.9. The Balaban J connectivity index is 1.18. The second-order valence-corrected chi connectivity index (χ2v) is 15.6. The number of benzene rings is 3. The summed E-state index contributed by atoms with van der Waals surface area (Å²) < 4.78 is 12.7. The monoisotopic (exact) mass is 738 g/mol. The van der Waals surface area contributed by atoms with Crippen LogP contribution in [0.15, 0.2) is 107 Å². The predicted molar refractivity (Wildman–Crippen MR) is 202 cm³/mol. The van der Waals surface area contributed by atoms with Gasteiger partial charge in [-0.3, -0.25) is 28.8 Å². The highest BCUT2D eigenvalue weighted by Crippen LogP contribution is 2.57. The minimum atomic E-state index is -1.41. The van der Waals surface area contributed by atoms with E-state index in [9.17, 15) is 33.6 Å². The van der Waals surface area contributed by atoms with Gasteiger partial charge in [0.2, 0.25) is 11.8 Å². The lowest BCUT2D eigenvalue weighted by molar-refractivity contribution is -0.119. The summed E-state index contributed by atoms with van der Waals surface area (Å²) in [4.78, 5) is 90.3. The van der Waals surface area contributed by atoms with Crippen LogP contribution < -0.4 is 15.4 Å². The van der Waals surface area contributed by atoms with Crippen LogP contribution in [0.1, 0.15) is 81.4 Å². The lowest BCUT2D eigenvalue weighted by Gasteiger charge is -2.37. The molecule has 2 heterocycles. The molecule has 0 saturated carbocycles. The molecule has 3 aromatic rings. The molecule has 0 unspecified atom stereocenters. The van der Waals surface area contributed by atoms with E-state index in [1.165, 1.54) is 24.3 Å². The van der Waals surface area contributed by atoms with E-state index in [-0.39, 0.29) is 58.6 Å². The summed E-state index contributed by atoms with van der Waals surface area (Å²) in [6.07, 6.45) is 4.97. The first-order chi connectivity index (χ1) is 25.9. The zero-order chi connectivity index (χ0) is 39.6. The maximum atomic E-state index is 13.4. The van der Waals surface area contributed by atoms with Crippen LogP contribution in [0.4, 0.5) is 11.4 Å². The second kappa shape index (κ2) is 13.1. The molecule has 0 atom stereocenters. The molecule has 1 spiro atoms. The van der Waals surface area contributed by atoms with Crippen molar-refractivity contribution in [3.63, 3.8) is 0 Å². The van der Waals surface area contributed by atoms with Gasteiger partial charge in [-0.2, -0.15) is 0 Å². The third-order valence-corrected chi connectivity index (χ3v) is 10.5. The fraction of sp³-hybridized carbons (Fsp3) is 0.250. The molecule has 11 nitrogen and oxygen atoms in total. The first-order valence-corrected chi connectivity index (χ1v) is 17.8. The van der Waals surface area contributed by atoms with E-state index >= 15 is 0 Å². The van der Waals surface area contributed by atoms with Crippen LogP contribution in [0.3, 0.4) is 0 Å². The Morgan fingerprint density at radius 2 is 1.05 bits per heavy atom. The molecule has 0 fully saturated rings. The third-order valence-electron chi connectivity index (χ3n) is 10.5. The number of hydrogen-bond donors (Lipinski definition) is 2. The molecule has 2 aliphatic carbocycles. The number of carbonyl (C=O) groups excluding carboxylic acids is 7. The number of ether oxygens (including phenoxy) is 2. The number of anilines is 2. The Morgan fingerprint density at radius 1 is 0.600 bits per heavy atom. The number of fused-ring (bicyclic) bond motifs is 6. The fourth-order valence-corrected chi connectivity index (χ4v) is 7.62. The molecule has 0 aromatic heterocycles. The van der Waals surface area contributed by atoms with E-state index in [0.29, 0.717) is 44.8 Å². The largest absolute Gasteiger partial charge is 0.456 e. The number of esters is 1. The highest BCUT2D eigenvalue weighted by molar-refractivity contribution is 6.21. The number of ketones is 4. The molecule has 278 valence electrons. The maximum Gasteiger partial charge on any atom is 0.340 e. The van der Waals surface area contributed by atoms with Crippen LogP contribution in [0.2, 0.25) is 0 Å². The summed E-state index contributed by atoms with van der Waals surface area (Å²) in [7, 11) is 0. The number of allylic oxidation sites excluding steroid dienone is 8. The molecule has 0 saturated heterocycles. The molecular formula is C44H38N2O9. The lowest BCUT2D eigenvalue weighted by Crippen LogP contribution is -2.33. The molecule has 2 amide bonds. The third kappa shape index (κ3) is 6.45. The van der Waals surface area contributed by atoms with Crippen LogP contribution in [0.25, 0.3) is 0 Å². The van der Waals surface area contributed by atoms with Crippen molar-refractivity contribution in [2.75, 3.05) is 10.6 Å². The Labute approximate surface area is 317 Å². The number of hydrogen-bond acceptors (Lipinski definition) is 9. The predicted octanol–water partition coefficient (Wildman–Crippen LogP) is 7.01. The van der Waals surface area contributed by atoms with Crippen LogP contribution in [0, 0.1) is 10.8 Å². The van der Waals surface area contributed by atoms with Crippen LogP contribution in [-0.4, -0.2) is 40.9 Å². The Bertz CT molecular complexity index is 2300. The van der Waals surface area contributed by atoms with Gasteiger partial charge in [-0.15, -0.1) is 0 Å². The molecule has 55 heavy (non-hydrogen) atoms. The SMILES string of the molecule is CC1=CC(=O)C(C(C)(C)CC(=O)Nc2ccc3c(c2)Oc2cc(NC(=O)CC(C)(C)C4=CC(=O)C(C)=CC4=O)ccc2C32OC(=O)c3ccccc32)=CC1=O. The minimum absolute atomic E-state index is 0.0988. The summed E-state index contributed by atoms with van der Waals surface area (Å²) in [5, 5.41) is 5.74. The number of carbonyl (C=O) groups is 7. The Morgan fingerprint density at radius 3 is 1.53 bits per heavy atom. The average Bonchev–Trinajstić information content (AvgIpc) is 3.39. The van der Waals surface area contributed by atoms with Crippen molar-refractivity contribution >= 4 is 52.3 Å². The summed E-state index contributed by atoms with van der Waals surface area (Å²) in [5.41, 5.74) is 0.609. The summed E-state index contributed by atoms with van der Waals surface area (Å²) in [5.74, 6) is -1.95. The summed E-state index contributed by atoms with van der Waals surface area (Å²) in [6.45, 7) is 10.0. The van der Waals surface area contributed by atoms with Gasteiger partial charge in [0.1, 0.15) is 11.5 Å². The molecule has 7 rings (SSSR count). The smallest absolute Gasteiger partial charge is 0.340 e. The molecule has 2 aliphatic heterocycles. The second-order valence-electron chi connectivity index (χ2n) is 15.6. The van der Waals surface area contributed by atoms with Crippen molar-refractivity contribution in [3.8, 4) is 11.5 Å².